The van der Waals surface area contributed by atoms with Crippen molar-refractivity contribution < 1.29 is 4.39 Å². The van der Waals surface area contributed by atoms with E-state index < -0.39 is 0 Å². The molecule has 0 atom stereocenters. The van der Waals surface area contributed by atoms with Gasteiger partial charge in [-0.15, -0.1) is 0 Å². The Balaban J connectivity index is 2.03. The summed E-state index contributed by atoms with van der Waals surface area (Å²) in [6.07, 6.45) is 2.55. The zero-order valence-corrected chi connectivity index (χ0v) is 11.2. The van der Waals surface area contributed by atoms with E-state index in [1.54, 1.807) is 6.07 Å². The molecule has 1 aromatic carbocycles. The first-order valence-electron chi connectivity index (χ1n) is 5.82. The molecule has 4 heteroatoms. The van der Waals surface area contributed by atoms with Gasteiger partial charge in [-0.1, -0.05) is 0 Å². The Morgan fingerprint density at radius 2 is 2.24 bits per heavy atom. The van der Waals surface area contributed by atoms with Crippen LogP contribution in [0.3, 0.4) is 0 Å². The quantitative estimate of drug-likeness (QED) is 0.919. The van der Waals surface area contributed by atoms with Crippen molar-refractivity contribution in [2.24, 2.45) is 7.05 Å². The van der Waals surface area contributed by atoms with E-state index in [-0.39, 0.29) is 5.82 Å². The number of halogens is 2. The number of aromatic nitrogens is 1. The first kappa shape index (κ1) is 11.2. The van der Waals surface area contributed by atoms with Gasteiger partial charge in [-0.2, -0.15) is 0 Å². The van der Waals surface area contributed by atoms with Crippen molar-refractivity contribution >= 4 is 26.8 Å². The van der Waals surface area contributed by atoms with Gasteiger partial charge < -0.3 is 9.88 Å². The molecule has 0 unspecified atom stereocenters. The summed E-state index contributed by atoms with van der Waals surface area (Å²) in [4.78, 5) is 0. The van der Waals surface area contributed by atoms with Crippen molar-refractivity contribution in [1.29, 1.82) is 0 Å². The summed E-state index contributed by atoms with van der Waals surface area (Å²) in [5, 5.41) is 4.43. The Hall–Kier alpha value is -0.870. The number of hydrogen-bond acceptors (Lipinski definition) is 1. The highest BCUT2D eigenvalue weighted by molar-refractivity contribution is 9.10. The van der Waals surface area contributed by atoms with Crippen molar-refractivity contribution in [2.45, 2.75) is 25.4 Å². The Kier molecular flexibility index (Phi) is 2.71. The number of rotatable bonds is 3. The zero-order valence-electron chi connectivity index (χ0n) is 9.63. The van der Waals surface area contributed by atoms with Gasteiger partial charge in [-0.05, 0) is 47.0 Å². The third-order valence-electron chi connectivity index (χ3n) is 3.35. The summed E-state index contributed by atoms with van der Waals surface area (Å²) in [6.45, 7) is 0.831. The lowest BCUT2D eigenvalue weighted by atomic mass is 10.2. The van der Waals surface area contributed by atoms with Crippen LogP contribution in [0.4, 0.5) is 4.39 Å². The van der Waals surface area contributed by atoms with Crippen LogP contribution in [0, 0.1) is 5.82 Å². The van der Waals surface area contributed by atoms with Gasteiger partial charge in [-0.25, -0.2) is 4.39 Å². The van der Waals surface area contributed by atoms with Crippen LogP contribution >= 0.6 is 15.9 Å². The van der Waals surface area contributed by atoms with Crippen LogP contribution in [-0.2, 0) is 13.6 Å². The highest BCUT2D eigenvalue weighted by Gasteiger charge is 2.22. The van der Waals surface area contributed by atoms with Crippen LogP contribution < -0.4 is 5.32 Å². The highest BCUT2D eigenvalue weighted by atomic mass is 79.9. The van der Waals surface area contributed by atoms with E-state index in [1.165, 1.54) is 24.6 Å². The molecule has 1 N–H and O–H groups in total. The maximum atomic E-state index is 13.2. The monoisotopic (exact) mass is 296 g/mol. The molecule has 0 radical (unpaired) electrons. The topological polar surface area (TPSA) is 17.0 Å². The summed E-state index contributed by atoms with van der Waals surface area (Å²) in [7, 11) is 2.02. The van der Waals surface area contributed by atoms with E-state index in [0.717, 1.165) is 21.9 Å². The summed E-state index contributed by atoms with van der Waals surface area (Å²) >= 11 is 3.58. The van der Waals surface area contributed by atoms with Crippen LogP contribution in [0.15, 0.2) is 22.7 Å². The van der Waals surface area contributed by atoms with Crippen molar-refractivity contribution in [3.63, 3.8) is 0 Å². The Labute approximate surface area is 108 Å². The largest absolute Gasteiger partial charge is 0.345 e. The average Bonchev–Trinajstić information content (AvgIpc) is 3.09. The molecule has 0 saturated heterocycles. The second kappa shape index (κ2) is 4.10. The molecule has 1 fully saturated rings. The molecule has 1 saturated carbocycles. The molecule has 1 aromatic heterocycles. The van der Waals surface area contributed by atoms with Gasteiger partial charge in [-0.3, -0.25) is 0 Å². The van der Waals surface area contributed by atoms with E-state index in [9.17, 15) is 4.39 Å². The molecular weight excluding hydrogens is 283 g/mol. The fourth-order valence-electron chi connectivity index (χ4n) is 2.15. The van der Waals surface area contributed by atoms with Crippen molar-refractivity contribution in [3.05, 3.63) is 34.2 Å². The summed E-state index contributed by atoms with van der Waals surface area (Å²) in [5.41, 5.74) is 2.24. The molecule has 3 rings (SSSR count). The fourth-order valence-corrected chi connectivity index (χ4v) is 2.87. The van der Waals surface area contributed by atoms with E-state index >= 15 is 0 Å². The number of benzene rings is 1. The van der Waals surface area contributed by atoms with Crippen molar-refractivity contribution in [2.75, 3.05) is 0 Å². The lowest BCUT2D eigenvalue weighted by Gasteiger charge is -2.06. The zero-order chi connectivity index (χ0) is 12.0. The maximum Gasteiger partial charge on any atom is 0.123 e. The van der Waals surface area contributed by atoms with Crippen LogP contribution in [0.25, 0.3) is 10.9 Å². The van der Waals surface area contributed by atoms with E-state index in [1.807, 2.05) is 13.1 Å². The second-order valence-electron chi connectivity index (χ2n) is 4.64. The normalized spacial score (nSPS) is 15.7. The second-order valence-corrected chi connectivity index (χ2v) is 5.43. The molecule has 2 nitrogen and oxygen atoms in total. The van der Waals surface area contributed by atoms with Crippen molar-refractivity contribution in [3.8, 4) is 0 Å². The number of hydrogen-bond donors (Lipinski definition) is 1. The molecule has 1 aliphatic carbocycles. The Morgan fingerprint density at radius 3 is 2.94 bits per heavy atom. The molecule has 17 heavy (non-hydrogen) atoms. The minimum atomic E-state index is -0.189. The molecule has 0 bridgehead atoms. The van der Waals surface area contributed by atoms with Crippen molar-refractivity contribution in [1.82, 2.24) is 9.88 Å². The molecule has 2 aromatic rings. The van der Waals surface area contributed by atoms with Gasteiger partial charge in [0, 0.05) is 40.7 Å². The number of fused-ring (bicyclic) bond motifs is 1. The van der Waals surface area contributed by atoms with E-state index in [0.29, 0.717) is 6.04 Å². The van der Waals surface area contributed by atoms with Gasteiger partial charge in [0.05, 0.1) is 0 Å². The predicted octanol–water partition coefficient (Wildman–Crippen LogP) is 3.33. The highest BCUT2D eigenvalue weighted by Crippen LogP contribution is 2.31. The first-order valence-corrected chi connectivity index (χ1v) is 6.62. The lowest BCUT2D eigenvalue weighted by Crippen LogP contribution is -2.17. The van der Waals surface area contributed by atoms with Gasteiger partial charge in [0.2, 0.25) is 0 Å². The fraction of sp³-hybridized carbons (Fsp3) is 0.385. The van der Waals surface area contributed by atoms with Gasteiger partial charge >= 0.3 is 0 Å². The van der Waals surface area contributed by atoms with Gasteiger partial charge in [0.1, 0.15) is 5.82 Å². The van der Waals surface area contributed by atoms with Crippen LogP contribution in [0.1, 0.15) is 18.5 Å². The number of nitrogens with one attached hydrogen (secondary N) is 1. The van der Waals surface area contributed by atoms with Gasteiger partial charge in [0.15, 0.2) is 0 Å². The lowest BCUT2D eigenvalue weighted by molar-refractivity contribution is 0.629. The van der Waals surface area contributed by atoms with E-state index in [2.05, 4.69) is 25.8 Å². The van der Waals surface area contributed by atoms with Crippen LogP contribution in [-0.4, -0.2) is 10.6 Å². The smallest absolute Gasteiger partial charge is 0.123 e. The third-order valence-corrected chi connectivity index (χ3v) is 4.24. The van der Waals surface area contributed by atoms with Crippen LogP contribution in [0.2, 0.25) is 0 Å². The molecule has 0 aliphatic heterocycles. The summed E-state index contributed by atoms with van der Waals surface area (Å²) in [5.74, 6) is -0.189. The molecule has 0 amide bonds. The minimum absolute atomic E-state index is 0.189. The SMILES string of the molecule is Cn1c(CNC2CC2)c(Br)c2cc(F)ccc21. The molecule has 0 spiro atoms. The van der Waals surface area contributed by atoms with E-state index in [4.69, 9.17) is 0 Å². The van der Waals surface area contributed by atoms with Crippen LogP contribution in [0.5, 0.6) is 0 Å². The Bertz CT molecular complexity index is 572. The third kappa shape index (κ3) is 2.00. The molecule has 90 valence electrons. The number of aryl methyl sites for hydroxylation is 1. The first-order chi connectivity index (χ1) is 8.16. The molecule has 1 aliphatic rings. The maximum absolute atomic E-state index is 13.2. The summed E-state index contributed by atoms with van der Waals surface area (Å²) in [6, 6.07) is 5.60. The molecular formula is C13H14BrFN2. The van der Waals surface area contributed by atoms with Gasteiger partial charge in [0.25, 0.3) is 0 Å². The minimum Gasteiger partial charge on any atom is -0.345 e. The summed E-state index contributed by atoms with van der Waals surface area (Å²) < 4.78 is 16.4. The molecule has 1 heterocycles. The average molecular weight is 297 g/mol. The standard InChI is InChI=1S/C13H14BrFN2/c1-17-11-5-2-8(15)6-10(11)13(14)12(17)7-16-9-3-4-9/h2,5-6,9,16H,3-4,7H2,1H3. The predicted molar refractivity (Wildman–Crippen MR) is 70.4 cm³/mol. The Morgan fingerprint density at radius 1 is 1.47 bits per heavy atom. The number of nitrogens with zero attached hydrogens (tertiary/aromatic N) is 1.